The molecule has 0 aliphatic heterocycles. The molecule has 7 heteroatoms. The Balaban J connectivity index is 2.11. The number of aliphatic carboxylic acids is 1. The quantitative estimate of drug-likeness (QED) is 0.835. The molecule has 0 bridgehead atoms. The molecule has 1 aromatic heterocycles. The number of carbonyl (C=O) groups excluding carboxylic acids is 1. The van der Waals surface area contributed by atoms with Gasteiger partial charge in [0, 0.05) is 5.69 Å². The predicted octanol–water partition coefficient (Wildman–Crippen LogP) is 2.27. The molecule has 1 aliphatic carbocycles. The van der Waals surface area contributed by atoms with Gasteiger partial charge in [-0.3, -0.25) is 14.9 Å². The molecule has 1 aliphatic rings. The summed E-state index contributed by atoms with van der Waals surface area (Å²) in [6, 6.07) is 1.58. The van der Waals surface area contributed by atoms with Crippen LogP contribution in [-0.4, -0.2) is 27.0 Å². The van der Waals surface area contributed by atoms with Gasteiger partial charge in [0.15, 0.2) is 0 Å². The third-order valence-electron chi connectivity index (χ3n) is 3.48. The lowest BCUT2D eigenvalue weighted by atomic mass is 9.79. The number of hydrogen-bond acceptors (Lipinski definition) is 4. The summed E-state index contributed by atoms with van der Waals surface area (Å²) >= 11 is 5.80. The van der Waals surface area contributed by atoms with E-state index in [2.05, 4.69) is 15.3 Å². The van der Waals surface area contributed by atoms with Crippen LogP contribution >= 0.6 is 11.6 Å². The van der Waals surface area contributed by atoms with E-state index in [9.17, 15) is 14.7 Å². The van der Waals surface area contributed by atoms with Crippen LogP contribution in [0.25, 0.3) is 0 Å². The van der Waals surface area contributed by atoms with Crippen LogP contribution in [0.1, 0.15) is 31.4 Å². The highest BCUT2D eigenvalue weighted by Gasteiger charge is 2.35. The maximum Gasteiger partial charge on any atom is 0.307 e. The lowest BCUT2D eigenvalue weighted by Gasteiger charge is -2.27. The van der Waals surface area contributed by atoms with Crippen LogP contribution in [-0.2, 0) is 9.59 Å². The molecular weight excluding hydrogens is 282 g/mol. The van der Waals surface area contributed by atoms with E-state index in [1.54, 1.807) is 13.0 Å². The molecule has 0 spiro atoms. The Kier molecular flexibility index (Phi) is 4.54. The number of carboxylic acids is 1. The minimum atomic E-state index is -0.923. The molecule has 0 unspecified atom stereocenters. The second-order valence-electron chi connectivity index (χ2n) is 4.98. The number of anilines is 1. The van der Waals surface area contributed by atoms with Gasteiger partial charge in [0.2, 0.25) is 11.9 Å². The highest BCUT2D eigenvalue weighted by molar-refractivity contribution is 6.29. The van der Waals surface area contributed by atoms with E-state index in [0.717, 1.165) is 12.8 Å². The van der Waals surface area contributed by atoms with Crippen LogP contribution in [0.2, 0.25) is 5.15 Å². The standard InChI is InChI=1S/C13H16ClN3O3/c1-7-6-10(14)16-13(15-7)17-11(18)8-4-2-3-5-9(8)12(19)20/h6,8-9H,2-5H2,1H3,(H,19,20)(H,15,16,17,18)/t8-,9+/m1/s1. The summed E-state index contributed by atoms with van der Waals surface area (Å²) in [4.78, 5) is 31.4. The Morgan fingerprint density at radius 1 is 1.30 bits per heavy atom. The van der Waals surface area contributed by atoms with Gasteiger partial charge in [0.05, 0.1) is 11.8 Å². The van der Waals surface area contributed by atoms with E-state index in [1.807, 2.05) is 0 Å². The van der Waals surface area contributed by atoms with Crippen molar-refractivity contribution in [3.63, 3.8) is 0 Å². The topological polar surface area (TPSA) is 92.2 Å². The van der Waals surface area contributed by atoms with Crippen LogP contribution in [0.4, 0.5) is 5.95 Å². The molecule has 1 amide bonds. The third kappa shape index (κ3) is 3.45. The van der Waals surface area contributed by atoms with E-state index in [1.165, 1.54) is 0 Å². The smallest absolute Gasteiger partial charge is 0.307 e. The molecule has 6 nitrogen and oxygen atoms in total. The Hall–Kier alpha value is -1.69. The van der Waals surface area contributed by atoms with E-state index >= 15 is 0 Å². The van der Waals surface area contributed by atoms with Crippen molar-refractivity contribution in [3.05, 3.63) is 16.9 Å². The van der Waals surface area contributed by atoms with E-state index in [4.69, 9.17) is 11.6 Å². The monoisotopic (exact) mass is 297 g/mol. The average molecular weight is 298 g/mol. The summed E-state index contributed by atoms with van der Waals surface area (Å²) in [7, 11) is 0. The number of hydrogen-bond donors (Lipinski definition) is 2. The van der Waals surface area contributed by atoms with Gasteiger partial charge in [-0.15, -0.1) is 0 Å². The molecule has 108 valence electrons. The molecule has 20 heavy (non-hydrogen) atoms. The molecule has 1 fully saturated rings. The van der Waals surface area contributed by atoms with Crippen LogP contribution in [0.15, 0.2) is 6.07 Å². The predicted molar refractivity (Wildman–Crippen MR) is 73.5 cm³/mol. The third-order valence-corrected chi connectivity index (χ3v) is 3.67. The van der Waals surface area contributed by atoms with Crippen molar-refractivity contribution in [1.82, 2.24) is 9.97 Å². The van der Waals surface area contributed by atoms with Crippen molar-refractivity contribution >= 4 is 29.4 Å². The molecule has 0 saturated heterocycles. The molecular formula is C13H16ClN3O3. The van der Waals surface area contributed by atoms with E-state index in [-0.39, 0.29) is 17.0 Å². The Morgan fingerprint density at radius 3 is 2.55 bits per heavy atom. The Labute approximate surface area is 121 Å². The van der Waals surface area contributed by atoms with E-state index < -0.39 is 17.8 Å². The number of aromatic nitrogens is 2. The van der Waals surface area contributed by atoms with Crippen LogP contribution in [0, 0.1) is 18.8 Å². The lowest BCUT2D eigenvalue weighted by Crippen LogP contribution is -2.36. The highest BCUT2D eigenvalue weighted by Crippen LogP contribution is 2.31. The number of nitrogens with one attached hydrogen (secondary N) is 1. The summed E-state index contributed by atoms with van der Waals surface area (Å²) < 4.78 is 0. The fraction of sp³-hybridized carbons (Fsp3) is 0.538. The van der Waals surface area contributed by atoms with Crippen molar-refractivity contribution in [2.24, 2.45) is 11.8 Å². The number of nitrogens with zero attached hydrogens (tertiary/aromatic N) is 2. The SMILES string of the molecule is Cc1cc(Cl)nc(NC(=O)[C@@H]2CCCC[C@@H]2C(=O)O)n1. The van der Waals surface area contributed by atoms with Crippen molar-refractivity contribution < 1.29 is 14.7 Å². The number of halogens is 1. The average Bonchev–Trinajstić information content (AvgIpc) is 2.37. The fourth-order valence-electron chi connectivity index (χ4n) is 2.53. The second kappa shape index (κ2) is 6.17. The number of carboxylic acid groups (broad SMARTS) is 1. The first-order valence-corrected chi connectivity index (χ1v) is 6.90. The first kappa shape index (κ1) is 14.7. The van der Waals surface area contributed by atoms with Crippen LogP contribution in [0.5, 0.6) is 0 Å². The molecule has 2 atom stereocenters. The lowest BCUT2D eigenvalue weighted by molar-refractivity contribution is -0.147. The summed E-state index contributed by atoms with van der Waals surface area (Å²) in [5, 5.41) is 12.0. The molecule has 1 aromatic rings. The van der Waals surface area contributed by atoms with Gasteiger partial charge in [-0.2, -0.15) is 0 Å². The normalized spacial score (nSPS) is 22.3. The van der Waals surface area contributed by atoms with E-state index in [0.29, 0.717) is 18.5 Å². The van der Waals surface area contributed by atoms with Crippen LogP contribution < -0.4 is 5.32 Å². The molecule has 1 heterocycles. The summed E-state index contributed by atoms with van der Waals surface area (Å²) in [5.41, 5.74) is 0.638. The van der Waals surface area contributed by atoms with Gasteiger partial charge in [0.1, 0.15) is 5.15 Å². The molecule has 0 aromatic carbocycles. The van der Waals surface area contributed by atoms with Crippen LogP contribution in [0.3, 0.4) is 0 Å². The summed E-state index contributed by atoms with van der Waals surface area (Å²) in [6.07, 6.45) is 2.80. The van der Waals surface area contributed by atoms with Gasteiger partial charge < -0.3 is 5.11 Å². The largest absolute Gasteiger partial charge is 0.481 e. The first-order chi connectivity index (χ1) is 9.47. The summed E-state index contributed by atoms with van der Waals surface area (Å²) in [5.74, 6) is -2.32. The highest BCUT2D eigenvalue weighted by atomic mass is 35.5. The maximum absolute atomic E-state index is 12.2. The van der Waals surface area contributed by atoms with Crippen molar-refractivity contribution in [2.45, 2.75) is 32.6 Å². The molecule has 2 rings (SSSR count). The Bertz CT molecular complexity index is 515. The minimum Gasteiger partial charge on any atom is -0.481 e. The van der Waals surface area contributed by atoms with Crippen molar-refractivity contribution in [3.8, 4) is 0 Å². The van der Waals surface area contributed by atoms with Crippen molar-refractivity contribution in [1.29, 1.82) is 0 Å². The summed E-state index contributed by atoms with van der Waals surface area (Å²) in [6.45, 7) is 1.74. The second-order valence-corrected chi connectivity index (χ2v) is 5.37. The molecule has 2 N–H and O–H groups in total. The Morgan fingerprint density at radius 2 is 1.95 bits per heavy atom. The number of carbonyl (C=O) groups is 2. The van der Waals surface area contributed by atoms with Gasteiger partial charge in [-0.05, 0) is 25.8 Å². The van der Waals surface area contributed by atoms with Gasteiger partial charge in [-0.1, -0.05) is 24.4 Å². The number of aryl methyl sites for hydroxylation is 1. The fourth-order valence-corrected chi connectivity index (χ4v) is 2.77. The molecule has 1 saturated carbocycles. The minimum absolute atomic E-state index is 0.120. The zero-order valence-electron chi connectivity index (χ0n) is 11.1. The number of rotatable bonds is 3. The first-order valence-electron chi connectivity index (χ1n) is 6.52. The van der Waals surface area contributed by atoms with Gasteiger partial charge >= 0.3 is 5.97 Å². The van der Waals surface area contributed by atoms with Gasteiger partial charge in [0.25, 0.3) is 0 Å². The maximum atomic E-state index is 12.2. The molecule has 0 radical (unpaired) electrons. The number of amides is 1. The zero-order chi connectivity index (χ0) is 14.7. The van der Waals surface area contributed by atoms with Crippen molar-refractivity contribution in [2.75, 3.05) is 5.32 Å². The zero-order valence-corrected chi connectivity index (χ0v) is 11.9. The van der Waals surface area contributed by atoms with Gasteiger partial charge in [-0.25, -0.2) is 9.97 Å².